The third-order valence-corrected chi connectivity index (χ3v) is 3.53. The van der Waals surface area contributed by atoms with E-state index in [1.807, 2.05) is 0 Å². The highest BCUT2D eigenvalue weighted by molar-refractivity contribution is 5.94. The van der Waals surface area contributed by atoms with Gasteiger partial charge in [0.15, 0.2) is 0 Å². The molecule has 1 aliphatic heterocycles. The topological polar surface area (TPSA) is 95.5 Å². The van der Waals surface area contributed by atoms with Crippen LogP contribution in [0.2, 0.25) is 0 Å². The Balaban J connectivity index is 2.01. The lowest BCUT2D eigenvalue weighted by molar-refractivity contribution is -0.148. The molecule has 1 heterocycles. The van der Waals surface area contributed by atoms with Gasteiger partial charge in [-0.25, -0.2) is 4.79 Å². The Morgan fingerprint density at radius 3 is 2.47 bits per heavy atom. The predicted molar refractivity (Wildman–Crippen MR) is 58.1 cm³/mol. The van der Waals surface area contributed by atoms with Gasteiger partial charge in [0.05, 0.1) is 0 Å². The summed E-state index contributed by atoms with van der Waals surface area (Å²) in [4.78, 5) is 34.1. The van der Waals surface area contributed by atoms with Gasteiger partial charge in [-0.05, 0) is 32.1 Å². The van der Waals surface area contributed by atoms with Gasteiger partial charge in [-0.3, -0.25) is 9.59 Å². The van der Waals surface area contributed by atoms with E-state index in [1.54, 1.807) is 0 Å². The fourth-order valence-electron chi connectivity index (χ4n) is 2.14. The molecule has 6 heteroatoms. The van der Waals surface area contributed by atoms with Crippen molar-refractivity contribution in [3.63, 3.8) is 0 Å². The molecule has 94 valence electrons. The van der Waals surface area contributed by atoms with Gasteiger partial charge in [0.2, 0.25) is 11.8 Å². The summed E-state index contributed by atoms with van der Waals surface area (Å²) in [5, 5.41) is 14.3. The minimum absolute atomic E-state index is 0.000976. The average molecular weight is 240 g/mol. The lowest BCUT2D eigenvalue weighted by atomic mass is 9.95. The molecule has 2 amide bonds. The zero-order valence-electron chi connectivity index (χ0n) is 9.66. The molecule has 1 aliphatic carbocycles. The van der Waals surface area contributed by atoms with E-state index in [2.05, 4.69) is 10.6 Å². The molecule has 2 fully saturated rings. The van der Waals surface area contributed by atoms with E-state index in [0.717, 1.165) is 12.8 Å². The van der Waals surface area contributed by atoms with Crippen LogP contribution in [0.15, 0.2) is 0 Å². The van der Waals surface area contributed by atoms with E-state index in [9.17, 15) is 19.5 Å². The molecule has 0 bridgehead atoms. The monoisotopic (exact) mass is 240 g/mol. The lowest BCUT2D eigenvalue weighted by Gasteiger charge is -2.27. The first-order valence-corrected chi connectivity index (χ1v) is 5.78. The molecule has 3 N–H and O–H groups in total. The molecule has 17 heavy (non-hydrogen) atoms. The second-order valence-corrected chi connectivity index (χ2v) is 4.93. The summed E-state index contributed by atoms with van der Waals surface area (Å²) in [5.74, 6) is -1.57. The quantitative estimate of drug-likeness (QED) is 0.625. The summed E-state index contributed by atoms with van der Waals surface area (Å²) < 4.78 is 0. The van der Waals surface area contributed by atoms with Crippen LogP contribution < -0.4 is 10.6 Å². The number of amides is 2. The number of carbonyl (C=O) groups is 3. The Morgan fingerprint density at radius 1 is 1.41 bits per heavy atom. The second-order valence-electron chi connectivity index (χ2n) is 4.93. The standard InChI is InChI=1S/C11H16N2O4/c1-11(10(16)17,6-2-3-6)13-9(15)7-4-5-8(14)12-7/h6-7H,2-5H2,1H3,(H,12,14)(H,13,15)(H,16,17)/t7-,11?/m0/s1. The highest BCUT2D eigenvalue weighted by atomic mass is 16.4. The summed E-state index contributed by atoms with van der Waals surface area (Å²) in [6, 6.07) is -0.583. The zero-order chi connectivity index (χ0) is 12.6. The molecule has 0 spiro atoms. The van der Waals surface area contributed by atoms with Crippen molar-refractivity contribution in [2.75, 3.05) is 0 Å². The molecule has 1 unspecified atom stereocenters. The van der Waals surface area contributed by atoms with Gasteiger partial charge >= 0.3 is 5.97 Å². The second kappa shape index (κ2) is 4.01. The number of carboxylic acids is 1. The van der Waals surface area contributed by atoms with Crippen molar-refractivity contribution in [2.24, 2.45) is 5.92 Å². The van der Waals surface area contributed by atoms with Gasteiger partial charge in [0.25, 0.3) is 0 Å². The minimum Gasteiger partial charge on any atom is -0.480 e. The molecular weight excluding hydrogens is 224 g/mol. The van der Waals surface area contributed by atoms with Crippen LogP contribution in [0.5, 0.6) is 0 Å². The summed E-state index contributed by atoms with van der Waals surface area (Å²) in [7, 11) is 0. The van der Waals surface area contributed by atoms with E-state index in [0.29, 0.717) is 12.8 Å². The van der Waals surface area contributed by atoms with Crippen LogP contribution in [-0.4, -0.2) is 34.5 Å². The number of nitrogens with one attached hydrogen (secondary N) is 2. The van der Waals surface area contributed by atoms with E-state index in [1.165, 1.54) is 6.92 Å². The normalized spacial score (nSPS) is 27.1. The van der Waals surface area contributed by atoms with Crippen LogP contribution in [-0.2, 0) is 14.4 Å². The summed E-state index contributed by atoms with van der Waals surface area (Å²) in [5.41, 5.74) is -1.20. The van der Waals surface area contributed by atoms with Crippen molar-refractivity contribution in [2.45, 2.75) is 44.2 Å². The molecule has 2 rings (SSSR count). The third kappa shape index (κ3) is 2.25. The Bertz CT molecular complexity index is 378. The smallest absolute Gasteiger partial charge is 0.329 e. The van der Waals surface area contributed by atoms with Crippen molar-refractivity contribution in [1.29, 1.82) is 0 Å². The zero-order valence-corrected chi connectivity index (χ0v) is 9.66. The van der Waals surface area contributed by atoms with Gasteiger partial charge in [-0.15, -0.1) is 0 Å². The minimum atomic E-state index is -1.20. The Morgan fingerprint density at radius 2 is 2.06 bits per heavy atom. The first-order chi connectivity index (χ1) is 7.93. The van der Waals surface area contributed by atoms with Crippen molar-refractivity contribution in [3.8, 4) is 0 Å². The Hall–Kier alpha value is -1.59. The predicted octanol–water partition coefficient (Wildman–Crippen LogP) is -0.366. The molecule has 1 saturated heterocycles. The third-order valence-electron chi connectivity index (χ3n) is 3.53. The molecule has 0 aromatic carbocycles. The fourth-order valence-corrected chi connectivity index (χ4v) is 2.14. The molecule has 0 aromatic heterocycles. The van der Waals surface area contributed by atoms with Crippen LogP contribution in [0.4, 0.5) is 0 Å². The van der Waals surface area contributed by atoms with Gasteiger partial charge < -0.3 is 15.7 Å². The highest BCUT2D eigenvalue weighted by Gasteiger charge is 2.49. The molecule has 2 aliphatic rings. The van der Waals surface area contributed by atoms with Crippen molar-refractivity contribution in [3.05, 3.63) is 0 Å². The van der Waals surface area contributed by atoms with E-state index in [4.69, 9.17) is 0 Å². The van der Waals surface area contributed by atoms with Gasteiger partial charge in [0, 0.05) is 6.42 Å². The first-order valence-electron chi connectivity index (χ1n) is 5.78. The summed E-state index contributed by atoms with van der Waals surface area (Å²) >= 11 is 0. The molecule has 1 saturated carbocycles. The largest absolute Gasteiger partial charge is 0.480 e. The summed E-state index contributed by atoms with van der Waals surface area (Å²) in [6.45, 7) is 1.53. The van der Waals surface area contributed by atoms with Gasteiger partial charge in [-0.2, -0.15) is 0 Å². The number of hydrogen-bond acceptors (Lipinski definition) is 3. The number of carboxylic acid groups (broad SMARTS) is 1. The van der Waals surface area contributed by atoms with Crippen LogP contribution >= 0.6 is 0 Å². The maximum Gasteiger partial charge on any atom is 0.329 e. The van der Waals surface area contributed by atoms with Crippen LogP contribution in [0.3, 0.4) is 0 Å². The number of aliphatic carboxylic acids is 1. The SMILES string of the molecule is CC(NC(=O)[C@@H]1CCC(=O)N1)(C(=O)O)C1CC1. The van der Waals surface area contributed by atoms with Crippen LogP contribution in [0.25, 0.3) is 0 Å². The fraction of sp³-hybridized carbons (Fsp3) is 0.727. The highest BCUT2D eigenvalue weighted by Crippen LogP contribution is 2.39. The van der Waals surface area contributed by atoms with E-state index in [-0.39, 0.29) is 11.8 Å². The Labute approximate surface area is 98.8 Å². The maximum atomic E-state index is 11.9. The average Bonchev–Trinajstić information content (AvgIpc) is 3.01. The summed E-state index contributed by atoms with van der Waals surface area (Å²) in [6.07, 6.45) is 2.40. The number of carbonyl (C=O) groups excluding carboxylic acids is 2. The maximum absolute atomic E-state index is 11.9. The molecule has 2 atom stereocenters. The van der Waals surface area contributed by atoms with Gasteiger partial charge in [0.1, 0.15) is 11.6 Å². The Kier molecular flexibility index (Phi) is 2.81. The number of rotatable bonds is 4. The van der Waals surface area contributed by atoms with Crippen molar-refractivity contribution < 1.29 is 19.5 Å². The molecule has 0 aromatic rings. The van der Waals surface area contributed by atoms with Crippen molar-refractivity contribution >= 4 is 17.8 Å². The van der Waals surface area contributed by atoms with Crippen LogP contribution in [0, 0.1) is 5.92 Å². The molecular formula is C11H16N2O4. The van der Waals surface area contributed by atoms with Crippen LogP contribution in [0.1, 0.15) is 32.6 Å². The van der Waals surface area contributed by atoms with Crippen molar-refractivity contribution in [1.82, 2.24) is 10.6 Å². The van der Waals surface area contributed by atoms with E-state index < -0.39 is 23.5 Å². The first kappa shape index (κ1) is 11.9. The molecule has 6 nitrogen and oxygen atoms in total. The number of hydrogen-bond donors (Lipinski definition) is 3. The van der Waals surface area contributed by atoms with Gasteiger partial charge in [-0.1, -0.05) is 0 Å². The molecule has 0 radical (unpaired) electrons. The van der Waals surface area contributed by atoms with E-state index >= 15 is 0 Å². The lowest BCUT2D eigenvalue weighted by Crippen LogP contribution is -2.57.